The molecule has 7 rings (SSSR count). The van der Waals surface area contributed by atoms with Crippen LogP contribution < -0.4 is 10.5 Å². The molecule has 1 aliphatic heterocycles. The predicted octanol–water partition coefficient (Wildman–Crippen LogP) is 5.56. The molecular weight excluding hydrogens is 562 g/mol. The number of nitrogens with two attached hydrogens (primary N) is 1. The Balaban J connectivity index is 1.28. The van der Waals surface area contributed by atoms with E-state index in [-0.39, 0.29) is 17.9 Å². The SMILES string of the molecule is COc1ccc(Cn2c(CCc3c[nH]c4ccccc34)nnc2[C@@H](Cc2c[nH]c3ccccc23)N2CCCC(C(N)=O)C2)cc1. The number of H-pyrrole nitrogens is 2. The van der Waals surface area contributed by atoms with Crippen LogP contribution >= 0.6 is 0 Å². The highest BCUT2D eigenvalue weighted by Crippen LogP contribution is 2.33. The van der Waals surface area contributed by atoms with Crippen LogP contribution in [0.5, 0.6) is 5.75 Å². The zero-order chi connectivity index (χ0) is 30.8. The van der Waals surface area contributed by atoms with E-state index < -0.39 is 0 Å². The van der Waals surface area contributed by atoms with Gasteiger partial charge in [-0.2, -0.15) is 0 Å². The van der Waals surface area contributed by atoms with E-state index in [0.29, 0.717) is 13.1 Å². The zero-order valence-electron chi connectivity index (χ0n) is 25.6. The van der Waals surface area contributed by atoms with Gasteiger partial charge in [0, 0.05) is 47.2 Å². The highest BCUT2D eigenvalue weighted by molar-refractivity contribution is 5.83. The van der Waals surface area contributed by atoms with Crippen LogP contribution in [0.3, 0.4) is 0 Å². The number of carbonyl (C=O) groups excluding carboxylic acids is 1. The lowest BCUT2D eigenvalue weighted by Gasteiger charge is -2.37. The molecule has 9 heteroatoms. The van der Waals surface area contributed by atoms with Gasteiger partial charge in [0.2, 0.25) is 5.91 Å². The number of aryl methyl sites for hydroxylation is 2. The van der Waals surface area contributed by atoms with Gasteiger partial charge in [-0.25, -0.2) is 0 Å². The molecule has 1 unspecified atom stereocenters. The second-order valence-corrected chi connectivity index (χ2v) is 12.1. The molecule has 4 heterocycles. The predicted molar refractivity (Wildman–Crippen MR) is 176 cm³/mol. The molecule has 9 nitrogen and oxygen atoms in total. The molecule has 3 aromatic carbocycles. The summed E-state index contributed by atoms with van der Waals surface area (Å²) in [6.07, 6.45) is 8.26. The number of piperidine rings is 1. The van der Waals surface area contributed by atoms with Crippen LogP contribution in [0, 0.1) is 5.92 Å². The normalized spacial score (nSPS) is 16.3. The smallest absolute Gasteiger partial charge is 0.221 e. The molecule has 0 bridgehead atoms. The van der Waals surface area contributed by atoms with Gasteiger partial charge in [0.05, 0.1) is 25.6 Å². The van der Waals surface area contributed by atoms with Crippen LogP contribution in [-0.4, -0.2) is 55.7 Å². The van der Waals surface area contributed by atoms with Crippen LogP contribution in [0.15, 0.2) is 85.2 Å². The van der Waals surface area contributed by atoms with Crippen molar-refractivity contribution in [2.45, 2.75) is 44.7 Å². The van der Waals surface area contributed by atoms with Crippen LogP contribution in [0.1, 0.15) is 47.2 Å². The van der Waals surface area contributed by atoms with Crippen molar-refractivity contribution in [3.63, 3.8) is 0 Å². The summed E-state index contributed by atoms with van der Waals surface area (Å²) in [4.78, 5) is 21.6. The van der Waals surface area contributed by atoms with Gasteiger partial charge in [0.15, 0.2) is 5.82 Å². The van der Waals surface area contributed by atoms with Crippen molar-refractivity contribution in [2.24, 2.45) is 11.7 Å². The van der Waals surface area contributed by atoms with Gasteiger partial charge < -0.3 is 25.0 Å². The summed E-state index contributed by atoms with van der Waals surface area (Å²) in [7, 11) is 1.68. The molecule has 1 saturated heterocycles. The average molecular weight is 602 g/mol. The minimum absolute atomic E-state index is 0.0843. The lowest BCUT2D eigenvalue weighted by atomic mass is 9.94. The lowest BCUT2D eigenvalue weighted by molar-refractivity contribution is -0.123. The number of carbonyl (C=O) groups is 1. The number of amides is 1. The standard InChI is InChI=1S/C36H39N7O2/c1-45-28-15-12-24(13-16-28)22-43-34(17-14-25-20-38-31-10-4-2-8-29(25)31)40-41-36(43)33(42-18-6-7-26(23-42)35(37)44)19-27-21-39-32-11-5-3-9-30(27)32/h2-5,8-13,15-16,20-21,26,33,38-39H,6-7,14,17-19,22-23H2,1H3,(H2,37,44)/t26?,33-/m1/s1. The number of likely N-dealkylation sites (tertiary alicyclic amines) is 1. The Bertz CT molecular complexity index is 1920. The molecule has 0 aliphatic carbocycles. The molecule has 1 aliphatic rings. The zero-order valence-corrected chi connectivity index (χ0v) is 25.6. The number of aromatic amines is 2. The Morgan fingerprint density at radius 3 is 2.33 bits per heavy atom. The lowest BCUT2D eigenvalue weighted by Crippen LogP contribution is -2.44. The number of hydrogen-bond acceptors (Lipinski definition) is 5. The van der Waals surface area contributed by atoms with Gasteiger partial charge in [0.1, 0.15) is 11.6 Å². The van der Waals surface area contributed by atoms with E-state index >= 15 is 0 Å². The van der Waals surface area contributed by atoms with Crippen molar-refractivity contribution in [1.82, 2.24) is 29.6 Å². The third-order valence-electron chi connectivity index (χ3n) is 9.33. The quantitative estimate of drug-likeness (QED) is 0.180. The maximum absolute atomic E-state index is 12.4. The number of rotatable bonds is 11. The molecule has 6 aromatic rings. The maximum Gasteiger partial charge on any atom is 0.221 e. The third kappa shape index (κ3) is 5.95. The molecule has 0 saturated carbocycles. The number of methoxy groups -OCH3 is 1. The monoisotopic (exact) mass is 601 g/mol. The molecule has 0 spiro atoms. The van der Waals surface area contributed by atoms with Crippen LogP contribution in [-0.2, 0) is 30.6 Å². The fourth-order valence-corrected chi connectivity index (χ4v) is 6.87. The summed E-state index contributed by atoms with van der Waals surface area (Å²) in [5, 5.41) is 12.2. The number of benzene rings is 3. The van der Waals surface area contributed by atoms with Gasteiger partial charge >= 0.3 is 0 Å². The van der Waals surface area contributed by atoms with E-state index in [2.05, 4.69) is 86.4 Å². The summed E-state index contributed by atoms with van der Waals surface area (Å²) in [5.74, 6) is 2.27. The number of primary amides is 1. The Hall–Kier alpha value is -4.89. The Kier molecular flexibility index (Phi) is 8.09. The van der Waals surface area contributed by atoms with Gasteiger partial charge in [0.25, 0.3) is 0 Å². The highest BCUT2D eigenvalue weighted by atomic mass is 16.5. The number of nitrogens with one attached hydrogen (secondary N) is 2. The van der Waals surface area contributed by atoms with Crippen molar-refractivity contribution in [3.05, 3.63) is 114 Å². The molecule has 1 fully saturated rings. The minimum atomic E-state index is -0.232. The average Bonchev–Trinajstić information content (AvgIpc) is 3.80. The number of para-hydroxylation sites is 2. The molecule has 1 amide bonds. The van der Waals surface area contributed by atoms with Crippen LogP contribution in [0.25, 0.3) is 21.8 Å². The summed E-state index contributed by atoms with van der Waals surface area (Å²) >= 11 is 0. The van der Waals surface area contributed by atoms with Crippen molar-refractivity contribution < 1.29 is 9.53 Å². The van der Waals surface area contributed by atoms with E-state index in [1.54, 1.807) is 7.11 Å². The first kappa shape index (κ1) is 28.9. The Morgan fingerprint density at radius 2 is 1.62 bits per heavy atom. The van der Waals surface area contributed by atoms with Gasteiger partial charge in [-0.1, -0.05) is 48.5 Å². The number of ether oxygens (including phenoxy) is 1. The highest BCUT2D eigenvalue weighted by Gasteiger charge is 2.33. The van der Waals surface area contributed by atoms with E-state index in [4.69, 9.17) is 20.7 Å². The topological polar surface area (TPSA) is 118 Å². The number of nitrogens with zero attached hydrogens (tertiary/aromatic N) is 4. The molecular formula is C36H39N7O2. The van der Waals surface area contributed by atoms with E-state index in [1.807, 2.05) is 18.2 Å². The van der Waals surface area contributed by atoms with Crippen molar-refractivity contribution in [1.29, 1.82) is 0 Å². The summed E-state index contributed by atoms with van der Waals surface area (Å²) in [5.41, 5.74) is 11.7. The first-order valence-electron chi connectivity index (χ1n) is 15.8. The van der Waals surface area contributed by atoms with Gasteiger partial charge in [-0.15, -0.1) is 10.2 Å². The first-order chi connectivity index (χ1) is 22.1. The van der Waals surface area contributed by atoms with Crippen LogP contribution in [0.2, 0.25) is 0 Å². The fourth-order valence-electron chi connectivity index (χ4n) is 6.87. The van der Waals surface area contributed by atoms with E-state index in [1.165, 1.54) is 21.9 Å². The maximum atomic E-state index is 12.4. The second-order valence-electron chi connectivity index (χ2n) is 12.1. The molecule has 4 N–H and O–H groups in total. The van der Waals surface area contributed by atoms with Crippen molar-refractivity contribution in [3.8, 4) is 5.75 Å². The number of hydrogen-bond donors (Lipinski definition) is 3. The van der Waals surface area contributed by atoms with Crippen molar-refractivity contribution >= 4 is 27.7 Å². The molecule has 3 aromatic heterocycles. The van der Waals surface area contributed by atoms with Gasteiger partial charge in [-0.3, -0.25) is 9.69 Å². The molecule has 0 radical (unpaired) electrons. The van der Waals surface area contributed by atoms with E-state index in [9.17, 15) is 4.79 Å². The Morgan fingerprint density at radius 1 is 0.933 bits per heavy atom. The minimum Gasteiger partial charge on any atom is -0.497 e. The first-order valence-corrected chi connectivity index (χ1v) is 15.8. The largest absolute Gasteiger partial charge is 0.497 e. The summed E-state index contributed by atoms with van der Waals surface area (Å²) in [6.45, 7) is 2.12. The molecule has 2 atom stereocenters. The number of aromatic nitrogens is 5. The van der Waals surface area contributed by atoms with E-state index in [0.717, 1.165) is 72.6 Å². The van der Waals surface area contributed by atoms with Crippen LogP contribution in [0.4, 0.5) is 0 Å². The summed E-state index contributed by atoms with van der Waals surface area (Å²) < 4.78 is 7.72. The van der Waals surface area contributed by atoms with Gasteiger partial charge in [-0.05, 0) is 73.2 Å². The third-order valence-corrected chi connectivity index (χ3v) is 9.33. The van der Waals surface area contributed by atoms with Crippen molar-refractivity contribution in [2.75, 3.05) is 20.2 Å². The fraction of sp³-hybridized carbons (Fsp3) is 0.306. The second kappa shape index (κ2) is 12.6. The number of fused-ring (bicyclic) bond motifs is 2. The molecule has 230 valence electrons. The Labute approximate surface area is 262 Å². The molecule has 45 heavy (non-hydrogen) atoms. The summed E-state index contributed by atoms with van der Waals surface area (Å²) in [6, 6.07) is 24.9.